The average molecular weight is 270 g/mol. The summed E-state index contributed by atoms with van der Waals surface area (Å²) in [6, 6.07) is 0.656. The van der Waals surface area contributed by atoms with Crippen LogP contribution in [0.4, 0.5) is 0 Å². The highest BCUT2D eigenvalue weighted by Crippen LogP contribution is 2.30. The summed E-state index contributed by atoms with van der Waals surface area (Å²) in [4.78, 5) is 2.69. The van der Waals surface area contributed by atoms with E-state index in [1.807, 2.05) is 0 Å². The van der Waals surface area contributed by atoms with Crippen molar-refractivity contribution in [2.24, 2.45) is 11.7 Å². The topological polar surface area (TPSA) is 29.3 Å². The van der Waals surface area contributed by atoms with Crippen LogP contribution in [-0.4, -0.2) is 41.6 Å². The zero-order chi connectivity index (χ0) is 12.8. The first-order valence-electron chi connectivity index (χ1n) is 7.89. The number of rotatable bonds is 5. The molecule has 1 aliphatic heterocycles. The Labute approximate surface area is 117 Å². The zero-order valence-corrected chi connectivity index (χ0v) is 12.8. The van der Waals surface area contributed by atoms with E-state index in [1.54, 1.807) is 0 Å². The van der Waals surface area contributed by atoms with Gasteiger partial charge in [-0.1, -0.05) is 39.0 Å². The van der Waals surface area contributed by atoms with Gasteiger partial charge in [0, 0.05) is 36.7 Å². The van der Waals surface area contributed by atoms with Gasteiger partial charge in [-0.3, -0.25) is 4.90 Å². The lowest BCUT2D eigenvalue weighted by Gasteiger charge is -2.39. The van der Waals surface area contributed by atoms with Crippen LogP contribution < -0.4 is 5.73 Å². The summed E-state index contributed by atoms with van der Waals surface area (Å²) in [7, 11) is 0. The van der Waals surface area contributed by atoms with Gasteiger partial charge in [-0.15, -0.1) is 0 Å². The first-order valence-corrected chi connectivity index (χ1v) is 8.94. The minimum Gasteiger partial charge on any atom is -0.329 e. The van der Waals surface area contributed by atoms with Crippen molar-refractivity contribution in [3.8, 4) is 0 Å². The highest BCUT2D eigenvalue weighted by molar-refractivity contribution is 8.00. The van der Waals surface area contributed by atoms with Crippen molar-refractivity contribution in [1.29, 1.82) is 0 Å². The normalized spacial score (nSPS) is 29.3. The standard InChI is InChI=1S/C15H30N2S/c1-2-15-12-17(8-9-18-15)14(11-16)10-13-6-4-3-5-7-13/h13-15H,2-12,16H2,1H3. The molecular formula is C15H30N2S. The van der Waals surface area contributed by atoms with Crippen molar-refractivity contribution in [1.82, 2.24) is 4.90 Å². The Morgan fingerprint density at radius 3 is 2.72 bits per heavy atom. The summed E-state index contributed by atoms with van der Waals surface area (Å²) in [6.07, 6.45) is 9.94. The Kier molecular flexibility index (Phi) is 6.33. The van der Waals surface area contributed by atoms with E-state index in [0.29, 0.717) is 6.04 Å². The fourth-order valence-electron chi connectivity index (χ4n) is 3.52. The number of hydrogen-bond donors (Lipinski definition) is 1. The fraction of sp³-hybridized carbons (Fsp3) is 1.00. The summed E-state index contributed by atoms with van der Waals surface area (Å²) in [5.41, 5.74) is 6.06. The van der Waals surface area contributed by atoms with E-state index in [2.05, 4.69) is 23.6 Å². The van der Waals surface area contributed by atoms with Gasteiger partial charge in [0.2, 0.25) is 0 Å². The van der Waals surface area contributed by atoms with E-state index in [1.165, 1.54) is 63.8 Å². The van der Waals surface area contributed by atoms with Crippen molar-refractivity contribution in [3.05, 3.63) is 0 Å². The Hall–Kier alpha value is 0.270. The molecule has 1 aliphatic carbocycles. The minimum absolute atomic E-state index is 0.656. The molecule has 18 heavy (non-hydrogen) atoms. The lowest BCUT2D eigenvalue weighted by molar-refractivity contribution is 0.163. The van der Waals surface area contributed by atoms with Crippen LogP contribution in [0.15, 0.2) is 0 Å². The second-order valence-corrected chi connectivity index (χ2v) is 7.43. The van der Waals surface area contributed by atoms with Crippen molar-refractivity contribution in [2.45, 2.75) is 63.2 Å². The van der Waals surface area contributed by atoms with Gasteiger partial charge in [0.05, 0.1) is 0 Å². The predicted molar refractivity (Wildman–Crippen MR) is 82.1 cm³/mol. The number of hydrogen-bond acceptors (Lipinski definition) is 3. The van der Waals surface area contributed by atoms with Crippen LogP contribution in [0.2, 0.25) is 0 Å². The summed E-state index contributed by atoms with van der Waals surface area (Å²) in [6.45, 7) is 5.71. The molecule has 3 heteroatoms. The second-order valence-electron chi connectivity index (χ2n) is 6.03. The predicted octanol–water partition coefficient (Wildman–Crippen LogP) is 3.11. The van der Waals surface area contributed by atoms with Gasteiger partial charge in [0.25, 0.3) is 0 Å². The maximum absolute atomic E-state index is 6.06. The second kappa shape index (κ2) is 7.76. The third kappa shape index (κ3) is 4.14. The van der Waals surface area contributed by atoms with Gasteiger partial charge >= 0.3 is 0 Å². The van der Waals surface area contributed by atoms with Gasteiger partial charge in [0.1, 0.15) is 0 Å². The molecule has 2 rings (SSSR count). The Morgan fingerprint density at radius 2 is 2.06 bits per heavy atom. The first-order chi connectivity index (χ1) is 8.83. The van der Waals surface area contributed by atoms with E-state index in [-0.39, 0.29) is 0 Å². The van der Waals surface area contributed by atoms with Gasteiger partial charge in [-0.25, -0.2) is 0 Å². The third-order valence-electron chi connectivity index (χ3n) is 4.74. The summed E-state index contributed by atoms with van der Waals surface area (Å²) < 4.78 is 0. The van der Waals surface area contributed by atoms with Crippen LogP contribution in [0, 0.1) is 5.92 Å². The molecule has 0 amide bonds. The molecule has 1 saturated carbocycles. The summed E-state index contributed by atoms with van der Waals surface area (Å²) in [5.74, 6) is 2.27. The van der Waals surface area contributed by atoms with E-state index in [0.717, 1.165) is 17.7 Å². The monoisotopic (exact) mass is 270 g/mol. The highest BCUT2D eigenvalue weighted by Gasteiger charge is 2.27. The molecular weight excluding hydrogens is 240 g/mol. The Balaban J connectivity index is 1.82. The molecule has 0 radical (unpaired) electrons. The van der Waals surface area contributed by atoms with Crippen molar-refractivity contribution >= 4 is 11.8 Å². The van der Waals surface area contributed by atoms with Gasteiger partial charge < -0.3 is 5.73 Å². The van der Waals surface area contributed by atoms with Crippen LogP contribution in [0.5, 0.6) is 0 Å². The van der Waals surface area contributed by atoms with E-state index < -0.39 is 0 Å². The van der Waals surface area contributed by atoms with Crippen molar-refractivity contribution < 1.29 is 0 Å². The first kappa shape index (κ1) is 14.7. The van der Waals surface area contributed by atoms with Gasteiger partial charge in [0.15, 0.2) is 0 Å². The Bertz CT molecular complexity index is 229. The summed E-state index contributed by atoms with van der Waals surface area (Å²) >= 11 is 2.16. The quantitative estimate of drug-likeness (QED) is 0.832. The molecule has 2 aliphatic rings. The zero-order valence-electron chi connectivity index (χ0n) is 11.9. The number of thioether (sulfide) groups is 1. The van der Waals surface area contributed by atoms with Crippen LogP contribution in [0.3, 0.4) is 0 Å². The van der Waals surface area contributed by atoms with E-state index in [4.69, 9.17) is 5.73 Å². The molecule has 0 aromatic heterocycles. The molecule has 0 bridgehead atoms. The average Bonchev–Trinajstić information content (AvgIpc) is 2.46. The van der Waals surface area contributed by atoms with Gasteiger partial charge in [-0.05, 0) is 18.8 Å². The lowest BCUT2D eigenvalue weighted by Crippen LogP contribution is -2.48. The van der Waals surface area contributed by atoms with Gasteiger partial charge in [-0.2, -0.15) is 11.8 Å². The SMILES string of the molecule is CCC1CN(C(CN)CC2CCCCC2)CCS1. The lowest BCUT2D eigenvalue weighted by atomic mass is 9.84. The molecule has 0 spiro atoms. The fourth-order valence-corrected chi connectivity index (χ4v) is 4.73. The molecule has 1 heterocycles. The van der Waals surface area contributed by atoms with Crippen molar-refractivity contribution in [2.75, 3.05) is 25.4 Å². The summed E-state index contributed by atoms with van der Waals surface area (Å²) in [5, 5.41) is 0.846. The minimum atomic E-state index is 0.656. The highest BCUT2D eigenvalue weighted by atomic mass is 32.2. The van der Waals surface area contributed by atoms with E-state index >= 15 is 0 Å². The molecule has 106 valence electrons. The number of nitrogens with two attached hydrogens (primary N) is 1. The third-order valence-corrected chi connectivity index (χ3v) is 6.12. The largest absolute Gasteiger partial charge is 0.329 e. The van der Waals surface area contributed by atoms with Crippen LogP contribution >= 0.6 is 11.8 Å². The molecule has 0 aromatic carbocycles. The maximum atomic E-state index is 6.06. The smallest absolute Gasteiger partial charge is 0.0221 e. The molecule has 2 fully saturated rings. The Morgan fingerprint density at radius 1 is 1.28 bits per heavy atom. The van der Waals surface area contributed by atoms with Crippen LogP contribution in [0.25, 0.3) is 0 Å². The maximum Gasteiger partial charge on any atom is 0.0221 e. The van der Waals surface area contributed by atoms with E-state index in [9.17, 15) is 0 Å². The van der Waals surface area contributed by atoms with Crippen LogP contribution in [-0.2, 0) is 0 Å². The van der Waals surface area contributed by atoms with Crippen molar-refractivity contribution in [3.63, 3.8) is 0 Å². The molecule has 2 nitrogen and oxygen atoms in total. The van der Waals surface area contributed by atoms with Crippen LogP contribution in [0.1, 0.15) is 51.9 Å². The number of nitrogens with zero attached hydrogens (tertiary/aromatic N) is 1. The molecule has 1 saturated heterocycles. The molecule has 2 N–H and O–H groups in total. The molecule has 2 atom stereocenters. The molecule has 2 unspecified atom stereocenters. The molecule has 0 aromatic rings.